The van der Waals surface area contributed by atoms with Crippen LogP contribution in [0.2, 0.25) is 10.0 Å². The van der Waals surface area contributed by atoms with E-state index in [0.29, 0.717) is 11.3 Å². The molecular weight excluding hydrogens is 297 g/mol. The average Bonchev–Trinajstić information content (AvgIpc) is 2.44. The Labute approximate surface area is 125 Å². The summed E-state index contributed by atoms with van der Waals surface area (Å²) < 4.78 is 0. The van der Waals surface area contributed by atoms with E-state index in [2.05, 4.69) is 5.32 Å². The number of para-hydroxylation sites is 1. The van der Waals surface area contributed by atoms with E-state index in [1.807, 2.05) is 6.07 Å². The second kappa shape index (κ2) is 5.83. The molecule has 0 heterocycles. The minimum Gasteiger partial charge on any atom is -0.396 e. The summed E-state index contributed by atoms with van der Waals surface area (Å²) in [6.45, 7) is 0. The van der Waals surface area contributed by atoms with Gasteiger partial charge in [0, 0.05) is 5.56 Å². The molecule has 0 saturated heterocycles. The molecule has 6 heteroatoms. The zero-order valence-electron chi connectivity index (χ0n) is 10.2. The van der Waals surface area contributed by atoms with Crippen LogP contribution in [0.3, 0.4) is 0 Å². The monoisotopic (exact) mass is 305 g/mol. The summed E-state index contributed by atoms with van der Waals surface area (Å²) in [7, 11) is 0. The van der Waals surface area contributed by atoms with Crippen LogP contribution in [0.4, 0.5) is 11.4 Å². The van der Waals surface area contributed by atoms with Crippen molar-refractivity contribution in [1.29, 1.82) is 5.26 Å². The SMILES string of the molecule is N#Cc1ccccc1NC(=O)c1cc(Cl)c(N)c(Cl)c1. The van der Waals surface area contributed by atoms with Gasteiger partial charge < -0.3 is 11.1 Å². The van der Waals surface area contributed by atoms with Crippen LogP contribution in [0.5, 0.6) is 0 Å². The number of carbonyl (C=O) groups excluding carboxylic acids is 1. The molecule has 2 aromatic rings. The molecule has 0 spiro atoms. The number of amides is 1. The molecule has 0 atom stereocenters. The molecule has 0 aliphatic heterocycles. The van der Waals surface area contributed by atoms with Crippen molar-refractivity contribution in [2.75, 3.05) is 11.1 Å². The van der Waals surface area contributed by atoms with E-state index in [4.69, 9.17) is 34.2 Å². The van der Waals surface area contributed by atoms with Gasteiger partial charge in [0.15, 0.2) is 0 Å². The first-order valence-corrected chi connectivity index (χ1v) is 6.33. The molecular formula is C14H9Cl2N3O. The van der Waals surface area contributed by atoms with Gasteiger partial charge in [-0.2, -0.15) is 5.26 Å². The van der Waals surface area contributed by atoms with Crippen molar-refractivity contribution in [1.82, 2.24) is 0 Å². The third-order valence-electron chi connectivity index (χ3n) is 2.64. The highest BCUT2D eigenvalue weighted by Gasteiger charge is 2.12. The van der Waals surface area contributed by atoms with Crippen molar-refractivity contribution >= 4 is 40.5 Å². The van der Waals surface area contributed by atoms with E-state index in [1.165, 1.54) is 12.1 Å². The summed E-state index contributed by atoms with van der Waals surface area (Å²) in [5.41, 5.74) is 6.89. The first kappa shape index (κ1) is 14.2. The third kappa shape index (κ3) is 2.85. The number of nitrogens with one attached hydrogen (secondary N) is 1. The molecule has 3 N–H and O–H groups in total. The van der Waals surface area contributed by atoms with Gasteiger partial charge in [-0.1, -0.05) is 35.3 Å². The summed E-state index contributed by atoms with van der Waals surface area (Å²) in [6, 6.07) is 11.5. The van der Waals surface area contributed by atoms with Gasteiger partial charge in [0.05, 0.1) is 27.0 Å². The lowest BCUT2D eigenvalue weighted by atomic mass is 10.1. The highest BCUT2D eigenvalue weighted by atomic mass is 35.5. The molecule has 0 bridgehead atoms. The number of carbonyl (C=O) groups is 1. The number of hydrogen-bond acceptors (Lipinski definition) is 3. The summed E-state index contributed by atoms with van der Waals surface area (Å²) >= 11 is 11.8. The molecule has 20 heavy (non-hydrogen) atoms. The molecule has 0 aromatic heterocycles. The number of anilines is 2. The molecule has 2 aromatic carbocycles. The Balaban J connectivity index is 2.32. The maximum absolute atomic E-state index is 12.1. The van der Waals surface area contributed by atoms with Crippen LogP contribution < -0.4 is 11.1 Å². The number of hydrogen-bond donors (Lipinski definition) is 2. The number of nitrogens with two attached hydrogens (primary N) is 1. The number of halogens is 2. The molecule has 4 nitrogen and oxygen atoms in total. The summed E-state index contributed by atoms with van der Waals surface area (Å²) in [4.78, 5) is 12.1. The van der Waals surface area contributed by atoms with Crippen molar-refractivity contribution in [2.45, 2.75) is 0 Å². The van der Waals surface area contributed by atoms with E-state index in [9.17, 15) is 4.79 Å². The highest BCUT2D eigenvalue weighted by Crippen LogP contribution is 2.29. The molecule has 0 saturated carbocycles. The Morgan fingerprint density at radius 2 is 1.80 bits per heavy atom. The van der Waals surface area contributed by atoms with Crippen LogP contribution in [-0.2, 0) is 0 Å². The lowest BCUT2D eigenvalue weighted by molar-refractivity contribution is 0.102. The highest BCUT2D eigenvalue weighted by molar-refractivity contribution is 6.39. The van der Waals surface area contributed by atoms with E-state index in [1.54, 1.807) is 24.3 Å². The van der Waals surface area contributed by atoms with Gasteiger partial charge in [-0.05, 0) is 24.3 Å². The van der Waals surface area contributed by atoms with Crippen LogP contribution >= 0.6 is 23.2 Å². The molecule has 100 valence electrons. The minimum absolute atomic E-state index is 0.205. The normalized spacial score (nSPS) is 9.85. The summed E-state index contributed by atoms with van der Waals surface area (Å²) in [5.74, 6) is -0.420. The van der Waals surface area contributed by atoms with Gasteiger partial charge in [-0.15, -0.1) is 0 Å². The van der Waals surface area contributed by atoms with Crippen LogP contribution in [0.1, 0.15) is 15.9 Å². The fraction of sp³-hybridized carbons (Fsp3) is 0. The predicted octanol–water partition coefficient (Wildman–Crippen LogP) is 3.70. The molecule has 0 unspecified atom stereocenters. The minimum atomic E-state index is -0.420. The van der Waals surface area contributed by atoms with Crippen molar-refractivity contribution < 1.29 is 4.79 Å². The predicted molar refractivity (Wildman–Crippen MR) is 80.0 cm³/mol. The summed E-state index contributed by atoms with van der Waals surface area (Å²) in [6.07, 6.45) is 0. The molecule has 0 aliphatic carbocycles. The van der Waals surface area contributed by atoms with Crippen molar-refractivity contribution in [3.8, 4) is 6.07 Å². The maximum Gasteiger partial charge on any atom is 0.255 e. The number of nitriles is 1. The number of rotatable bonds is 2. The summed E-state index contributed by atoms with van der Waals surface area (Å²) in [5, 5.41) is 12.0. The first-order chi connectivity index (χ1) is 9.52. The van der Waals surface area contributed by atoms with Crippen LogP contribution in [0.15, 0.2) is 36.4 Å². The van der Waals surface area contributed by atoms with E-state index in [-0.39, 0.29) is 21.3 Å². The number of benzene rings is 2. The number of nitrogen functional groups attached to an aromatic ring is 1. The average molecular weight is 306 g/mol. The quantitative estimate of drug-likeness (QED) is 0.830. The van der Waals surface area contributed by atoms with Crippen LogP contribution in [0.25, 0.3) is 0 Å². The standard InChI is InChI=1S/C14H9Cl2N3O/c15-10-5-9(6-11(16)13(10)18)14(20)19-12-4-2-1-3-8(12)7-17/h1-6H,18H2,(H,19,20). The van der Waals surface area contributed by atoms with Gasteiger partial charge in [0.1, 0.15) is 6.07 Å². The zero-order chi connectivity index (χ0) is 14.7. The number of nitrogens with zero attached hydrogens (tertiary/aromatic N) is 1. The fourth-order valence-electron chi connectivity index (χ4n) is 1.60. The van der Waals surface area contributed by atoms with Crippen molar-refractivity contribution in [3.63, 3.8) is 0 Å². The topological polar surface area (TPSA) is 78.9 Å². The second-order valence-corrected chi connectivity index (χ2v) is 4.78. The Morgan fingerprint density at radius 3 is 2.40 bits per heavy atom. The van der Waals surface area contributed by atoms with Gasteiger partial charge in [-0.3, -0.25) is 4.79 Å². The van der Waals surface area contributed by atoms with E-state index in [0.717, 1.165) is 0 Å². The molecule has 2 rings (SSSR count). The molecule has 0 fully saturated rings. The van der Waals surface area contributed by atoms with Crippen LogP contribution in [0, 0.1) is 11.3 Å². The molecule has 1 amide bonds. The largest absolute Gasteiger partial charge is 0.396 e. The Kier molecular flexibility index (Phi) is 4.14. The Morgan fingerprint density at radius 1 is 1.20 bits per heavy atom. The van der Waals surface area contributed by atoms with E-state index >= 15 is 0 Å². The molecule has 0 radical (unpaired) electrons. The van der Waals surface area contributed by atoms with Gasteiger partial charge in [0.2, 0.25) is 0 Å². The fourth-order valence-corrected chi connectivity index (χ4v) is 2.09. The Hall–Kier alpha value is -2.22. The van der Waals surface area contributed by atoms with Crippen molar-refractivity contribution in [2.24, 2.45) is 0 Å². The smallest absolute Gasteiger partial charge is 0.255 e. The Bertz CT molecular complexity index is 700. The zero-order valence-corrected chi connectivity index (χ0v) is 11.7. The van der Waals surface area contributed by atoms with Gasteiger partial charge in [-0.25, -0.2) is 0 Å². The second-order valence-electron chi connectivity index (χ2n) is 3.97. The van der Waals surface area contributed by atoms with Crippen LogP contribution in [-0.4, -0.2) is 5.91 Å². The first-order valence-electron chi connectivity index (χ1n) is 5.58. The maximum atomic E-state index is 12.1. The van der Waals surface area contributed by atoms with E-state index < -0.39 is 5.91 Å². The lowest BCUT2D eigenvalue weighted by Gasteiger charge is -2.09. The van der Waals surface area contributed by atoms with Gasteiger partial charge >= 0.3 is 0 Å². The lowest BCUT2D eigenvalue weighted by Crippen LogP contribution is -2.13. The third-order valence-corrected chi connectivity index (χ3v) is 3.26. The van der Waals surface area contributed by atoms with Gasteiger partial charge in [0.25, 0.3) is 5.91 Å². The van der Waals surface area contributed by atoms with Crippen molar-refractivity contribution in [3.05, 3.63) is 57.6 Å². The molecule has 0 aliphatic rings.